The fourth-order valence-electron chi connectivity index (χ4n) is 2.98. The van der Waals surface area contributed by atoms with Crippen molar-refractivity contribution in [3.63, 3.8) is 0 Å². The van der Waals surface area contributed by atoms with Crippen LogP contribution in [0.25, 0.3) is 0 Å². The predicted octanol–water partition coefficient (Wildman–Crippen LogP) is 3.30. The first-order valence-corrected chi connectivity index (χ1v) is 9.88. The number of halogens is 1. The molecule has 0 saturated carbocycles. The number of benzene rings is 1. The number of unbranched alkanes of at least 4 members (excludes halogenated alkanes) is 3. The average molecular weight is 365 g/mol. The van der Waals surface area contributed by atoms with Gasteiger partial charge in [0.25, 0.3) is 0 Å². The molecule has 1 aromatic carbocycles. The highest BCUT2D eigenvalue weighted by molar-refractivity contribution is 5.79. The van der Waals surface area contributed by atoms with Crippen LogP contribution in [0, 0.1) is 5.82 Å². The summed E-state index contributed by atoms with van der Waals surface area (Å²) in [6.45, 7) is 9.23. The van der Waals surface area contributed by atoms with E-state index < -0.39 is 0 Å². The van der Waals surface area contributed by atoms with Gasteiger partial charge < -0.3 is 20.3 Å². The van der Waals surface area contributed by atoms with Gasteiger partial charge in [0.1, 0.15) is 5.82 Å². The van der Waals surface area contributed by atoms with E-state index in [1.54, 1.807) is 6.07 Å². The normalized spacial score (nSPS) is 15.2. The van der Waals surface area contributed by atoms with E-state index in [0.29, 0.717) is 25.4 Å². The maximum atomic E-state index is 14.5. The minimum absolute atomic E-state index is 0.183. The molecule has 0 spiro atoms. The lowest BCUT2D eigenvalue weighted by atomic mass is 10.1. The Labute approximate surface area is 157 Å². The molecule has 146 valence electrons. The molecule has 0 atom stereocenters. The molecule has 6 heteroatoms. The predicted molar refractivity (Wildman–Crippen MR) is 106 cm³/mol. The SMILES string of the molecule is CCCCCCNC(=NCc1ccc(N2CCOCC2)c(F)c1)NCC. The number of anilines is 1. The third kappa shape index (κ3) is 6.83. The van der Waals surface area contributed by atoms with Crippen LogP contribution in [0.3, 0.4) is 0 Å². The highest BCUT2D eigenvalue weighted by Crippen LogP contribution is 2.21. The molecular formula is C20H33FN4O. The molecule has 1 aliphatic rings. The van der Waals surface area contributed by atoms with Gasteiger partial charge in [-0.25, -0.2) is 9.38 Å². The van der Waals surface area contributed by atoms with Crippen LogP contribution in [0.2, 0.25) is 0 Å². The molecule has 0 bridgehead atoms. The summed E-state index contributed by atoms with van der Waals surface area (Å²) in [5.41, 5.74) is 1.53. The van der Waals surface area contributed by atoms with E-state index in [9.17, 15) is 4.39 Å². The lowest BCUT2D eigenvalue weighted by molar-refractivity contribution is 0.122. The van der Waals surface area contributed by atoms with Crippen LogP contribution >= 0.6 is 0 Å². The molecule has 0 radical (unpaired) electrons. The van der Waals surface area contributed by atoms with Gasteiger partial charge in [-0.2, -0.15) is 0 Å². The van der Waals surface area contributed by atoms with Crippen molar-refractivity contribution in [1.82, 2.24) is 10.6 Å². The first kappa shape index (κ1) is 20.5. The summed E-state index contributed by atoms with van der Waals surface area (Å²) in [5.74, 6) is 0.610. The molecule has 2 rings (SSSR count). The third-order valence-corrected chi connectivity index (χ3v) is 4.45. The second kappa shape index (κ2) is 11.7. The van der Waals surface area contributed by atoms with Gasteiger partial charge in [0.2, 0.25) is 0 Å². The van der Waals surface area contributed by atoms with Crippen molar-refractivity contribution in [3.8, 4) is 0 Å². The third-order valence-electron chi connectivity index (χ3n) is 4.45. The van der Waals surface area contributed by atoms with E-state index in [2.05, 4.69) is 22.5 Å². The molecule has 1 aromatic rings. The van der Waals surface area contributed by atoms with Crippen LogP contribution in [0.5, 0.6) is 0 Å². The summed E-state index contributed by atoms with van der Waals surface area (Å²) >= 11 is 0. The zero-order valence-electron chi connectivity index (χ0n) is 16.2. The minimum atomic E-state index is -0.183. The summed E-state index contributed by atoms with van der Waals surface area (Å²) in [5, 5.41) is 6.60. The average Bonchev–Trinajstić information content (AvgIpc) is 2.66. The van der Waals surface area contributed by atoms with E-state index in [1.165, 1.54) is 19.3 Å². The summed E-state index contributed by atoms with van der Waals surface area (Å²) in [7, 11) is 0. The highest BCUT2D eigenvalue weighted by atomic mass is 19.1. The largest absolute Gasteiger partial charge is 0.378 e. The van der Waals surface area contributed by atoms with E-state index in [1.807, 2.05) is 24.0 Å². The molecule has 0 aromatic heterocycles. The van der Waals surface area contributed by atoms with Crippen molar-refractivity contribution in [2.45, 2.75) is 46.1 Å². The zero-order valence-corrected chi connectivity index (χ0v) is 16.2. The van der Waals surface area contributed by atoms with Gasteiger partial charge in [0, 0.05) is 26.2 Å². The van der Waals surface area contributed by atoms with Crippen molar-refractivity contribution in [2.75, 3.05) is 44.3 Å². The number of morpholine rings is 1. The molecule has 26 heavy (non-hydrogen) atoms. The Kier molecular flexibility index (Phi) is 9.24. The Bertz CT molecular complexity index is 559. The lowest BCUT2D eigenvalue weighted by Crippen LogP contribution is -2.37. The fourth-order valence-corrected chi connectivity index (χ4v) is 2.98. The van der Waals surface area contributed by atoms with Crippen LogP contribution in [-0.2, 0) is 11.3 Å². The second-order valence-electron chi connectivity index (χ2n) is 6.57. The topological polar surface area (TPSA) is 48.9 Å². The smallest absolute Gasteiger partial charge is 0.191 e. The molecule has 1 heterocycles. The zero-order chi connectivity index (χ0) is 18.6. The molecule has 1 saturated heterocycles. The maximum absolute atomic E-state index is 14.5. The second-order valence-corrected chi connectivity index (χ2v) is 6.57. The van der Waals surface area contributed by atoms with Crippen LogP contribution in [0.15, 0.2) is 23.2 Å². The lowest BCUT2D eigenvalue weighted by Gasteiger charge is -2.29. The molecule has 0 amide bonds. The molecule has 0 unspecified atom stereocenters. The monoisotopic (exact) mass is 364 g/mol. The van der Waals surface area contributed by atoms with Gasteiger partial charge in [-0.15, -0.1) is 0 Å². The van der Waals surface area contributed by atoms with Crippen molar-refractivity contribution in [3.05, 3.63) is 29.6 Å². The van der Waals surface area contributed by atoms with Crippen LogP contribution < -0.4 is 15.5 Å². The van der Waals surface area contributed by atoms with Gasteiger partial charge in [-0.1, -0.05) is 32.3 Å². The number of guanidine groups is 1. The highest BCUT2D eigenvalue weighted by Gasteiger charge is 2.15. The number of hydrogen-bond acceptors (Lipinski definition) is 3. The maximum Gasteiger partial charge on any atom is 0.191 e. The quantitative estimate of drug-likeness (QED) is 0.401. The molecular weight excluding hydrogens is 331 g/mol. The molecule has 1 fully saturated rings. The van der Waals surface area contributed by atoms with Gasteiger partial charge in [-0.05, 0) is 31.0 Å². The van der Waals surface area contributed by atoms with E-state index in [0.717, 1.165) is 44.1 Å². The number of rotatable bonds is 9. The van der Waals surface area contributed by atoms with Crippen molar-refractivity contribution < 1.29 is 9.13 Å². The first-order chi connectivity index (χ1) is 12.7. The first-order valence-electron chi connectivity index (χ1n) is 9.88. The Morgan fingerprint density at radius 1 is 1.15 bits per heavy atom. The molecule has 2 N–H and O–H groups in total. The number of nitrogens with zero attached hydrogens (tertiary/aromatic N) is 2. The van der Waals surface area contributed by atoms with Gasteiger partial charge in [0.05, 0.1) is 25.4 Å². The van der Waals surface area contributed by atoms with Gasteiger partial charge in [0.15, 0.2) is 5.96 Å². The Morgan fingerprint density at radius 3 is 2.65 bits per heavy atom. The minimum Gasteiger partial charge on any atom is -0.378 e. The Hall–Kier alpha value is -1.82. The fraction of sp³-hybridized carbons (Fsp3) is 0.650. The standard InChI is InChI=1S/C20H33FN4O/c1-3-5-6-7-10-23-20(22-4-2)24-16-17-8-9-19(18(21)15-17)25-11-13-26-14-12-25/h8-9,15H,3-7,10-14,16H2,1-2H3,(H2,22,23,24). The van der Waals surface area contributed by atoms with Crippen LogP contribution in [0.1, 0.15) is 45.1 Å². The van der Waals surface area contributed by atoms with E-state index >= 15 is 0 Å². The van der Waals surface area contributed by atoms with E-state index in [-0.39, 0.29) is 5.82 Å². The molecule has 0 aliphatic carbocycles. The van der Waals surface area contributed by atoms with Gasteiger partial charge in [-0.3, -0.25) is 0 Å². The number of aliphatic imine (C=N–C) groups is 1. The molecule has 5 nitrogen and oxygen atoms in total. The summed E-state index contributed by atoms with van der Waals surface area (Å²) in [4.78, 5) is 6.61. The number of nitrogens with one attached hydrogen (secondary N) is 2. The Balaban J connectivity index is 1.90. The van der Waals surface area contributed by atoms with E-state index in [4.69, 9.17) is 4.74 Å². The van der Waals surface area contributed by atoms with Gasteiger partial charge >= 0.3 is 0 Å². The molecule has 1 aliphatic heterocycles. The Morgan fingerprint density at radius 2 is 1.96 bits per heavy atom. The van der Waals surface area contributed by atoms with Crippen LogP contribution in [0.4, 0.5) is 10.1 Å². The van der Waals surface area contributed by atoms with Crippen LogP contribution in [-0.4, -0.2) is 45.4 Å². The van der Waals surface area contributed by atoms with Crippen molar-refractivity contribution in [2.24, 2.45) is 4.99 Å². The summed E-state index contributed by atoms with van der Waals surface area (Å²) in [6.07, 6.45) is 4.88. The van der Waals surface area contributed by atoms with Crippen molar-refractivity contribution in [1.29, 1.82) is 0 Å². The number of ether oxygens (including phenoxy) is 1. The number of hydrogen-bond donors (Lipinski definition) is 2. The van der Waals surface area contributed by atoms with Crippen molar-refractivity contribution >= 4 is 11.6 Å². The summed E-state index contributed by atoms with van der Waals surface area (Å²) < 4.78 is 19.8. The summed E-state index contributed by atoms with van der Waals surface area (Å²) in [6, 6.07) is 5.41.